The van der Waals surface area contributed by atoms with E-state index in [-0.39, 0.29) is 5.97 Å². The van der Waals surface area contributed by atoms with Crippen LogP contribution in [0.3, 0.4) is 0 Å². The maximum atomic E-state index is 11.0. The van der Waals surface area contributed by atoms with E-state index in [0.29, 0.717) is 23.3 Å². The molecule has 19 heavy (non-hydrogen) atoms. The molecular formula is C13H18Cl2N2O2. The summed E-state index contributed by atoms with van der Waals surface area (Å²) in [4.78, 5) is 17.2. The van der Waals surface area contributed by atoms with Gasteiger partial charge in [-0.25, -0.2) is 4.98 Å². The second-order valence-corrected chi connectivity index (χ2v) is 5.18. The number of pyridine rings is 1. The van der Waals surface area contributed by atoms with Gasteiger partial charge in [0, 0.05) is 18.5 Å². The minimum atomic E-state index is -0.185. The molecular weight excluding hydrogens is 287 g/mol. The first-order valence-electron chi connectivity index (χ1n) is 6.01. The molecule has 0 spiro atoms. The molecule has 1 aromatic heterocycles. The Kier molecular flexibility index (Phi) is 6.55. The molecule has 0 aliphatic heterocycles. The molecule has 0 atom stereocenters. The highest BCUT2D eigenvalue weighted by atomic mass is 35.5. The van der Waals surface area contributed by atoms with Crippen LogP contribution in [0.4, 0.5) is 0 Å². The lowest BCUT2D eigenvalue weighted by molar-refractivity contribution is -0.140. The first kappa shape index (κ1) is 16.2. The fourth-order valence-corrected chi connectivity index (χ4v) is 2.08. The summed E-state index contributed by atoms with van der Waals surface area (Å²) in [6, 6.07) is 1.94. The maximum absolute atomic E-state index is 11.0. The monoisotopic (exact) mass is 304 g/mol. The van der Waals surface area contributed by atoms with E-state index in [0.717, 1.165) is 24.1 Å². The molecule has 0 amide bonds. The zero-order chi connectivity index (χ0) is 14.4. The number of aromatic nitrogens is 1. The van der Waals surface area contributed by atoms with Crippen molar-refractivity contribution in [1.29, 1.82) is 0 Å². The van der Waals surface area contributed by atoms with Crippen LogP contribution in [0.15, 0.2) is 6.07 Å². The highest BCUT2D eigenvalue weighted by Gasteiger charge is 2.09. The third-order valence-corrected chi connectivity index (χ3v) is 3.48. The fourth-order valence-electron chi connectivity index (χ4n) is 1.70. The number of esters is 1. The molecule has 0 saturated carbocycles. The van der Waals surface area contributed by atoms with Crippen molar-refractivity contribution in [1.82, 2.24) is 9.88 Å². The van der Waals surface area contributed by atoms with Crippen LogP contribution in [0.25, 0.3) is 0 Å². The number of hydrogen-bond acceptors (Lipinski definition) is 4. The molecule has 6 heteroatoms. The van der Waals surface area contributed by atoms with Gasteiger partial charge < -0.3 is 9.64 Å². The smallest absolute Gasteiger partial charge is 0.305 e. The van der Waals surface area contributed by atoms with E-state index in [1.54, 1.807) is 0 Å². The Hall–Kier alpha value is -0.840. The van der Waals surface area contributed by atoms with Crippen molar-refractivity contribution in [2.24, 2.45) is 0 Å². The van der Waals surface area contributed by atoms with Crippen molar-refractivity contribution >= 4 is 29.2 Å². The van der Waals surface area contributed by atoms with Gasteiger partial charge in [0.1, 0.15) is 10.3 Å². The first-order chi connectivity index (χ1) is 8.93. The van der Waals surface area contributed by atoms with Crippen molar-refractivity contribution in [3.8, 4) is 0 Å². The van der Waals surface area contributed by atoms with Gasteiger partial charge in [0.05, 0.1) is 7.11 Å². The number of ether oxygens (including phenoxy) is 1. The van der Waals surface area contributed by atoms with Crippen LogP contribution in [0.5, 0.6) is 0 Å². The molecule has 106 valence electrons. The minimum absolute atomic E-state index is 0.185. The summed E-state index contributed by atoms with van der Waals surface area (Å²) >= 11 is 12.0. The van der Waals surface area contributed by atoms with Gasteiger partial charge in [-0.05, 0) is 38.6 Å². The number of halogens is 2. The predicted molar refractivity (Wildman–Crippen MR) is 76.6 cm³/mol. The van der Waals surface area contributed by atoms with E-state index in [2.05, 4.69) is 14.6 Å². The van der Waals surface area contributed by atoms with Crippen molar-refractivity contribution in [3.05, 3.63) is 27.5 Å². The van der Waals surface area contributed by atoms with E-state index in [1.165, 1.54) is 7.11 Å². The van der Waals surface area contributed by atoms with Gasteiger partial charge in [-0.15, -0.1) is 0 Å². The van der Waals surface area contributed by atoms with Gasteiger partial charge in [0.2, 0.25) is 0 Å². The van der Waals surface area contributed by atoms with E-state index in [4.69, 9.17) is 23.2 Å². The molecule has 0 bridgehead atoms. The van der Waals surface area contributed by atoms with Crippen LogP contribution in [0.2, 0.25) is 10.3 Å². The topological polar surface area (TPSA) is 42.4 Å². The zero-order valence-electron chi connectivity index (χ0n) is 11.4. The van der Waals surface area contributed by atoms with Crippen LogP contribution in [0.1, 0.15) is 24.0 Å². The van der Waals surface area contributed by atoms with Crippen LogP contribution in [-0.2, 0) is 16.1 Å². The summed E-state index contributed by atoms with van der Waals surface area (Å²) in [5, 5.41) is 0.859. The van der Waals surface area contributed by atoms with Crippen LogP contribution in [-0.4, -0.2) is 36.6 Å². The number of carbonyl (C=O) groups excluding carboxylic acids is 1. The van der Waals surface area contributed by atoms with Gasteiger partial charge in [-0.2, -0.15) is 0 Å². The zero-order valence-corrected chi connectivity index (χ0v) is 12.9. The van der Waals surface area contributed by atoms with Crippen molar-refractivity contribution < 1.29 is 9.53 Å². The Balaban J connectivity index is 2.50. The second-order valence-electron chi connectivity index (χ2n) is 4.46. The van der Waals surface area contributed by atoms with Crippen molar-refractivity contribution in [3.63, 3.8) is 0 Å². The Morgan fingerprint density at radius 1 is 1.42 bits per heavy atom. The standard InChI is InChI=1S/C13H18Cl2N2O2/c1-9-7-10(13(15)16-12(9)14)8-17(2)6-4-5-11(18)19-3/h7H,4-6,8H2,1-3H3. The summed E-state index contributed by atoms with van der Waals surface area (Å²) < 4.78 is 4.60. The molecule has 0 aliphatic rings. The summed E-state index contributed by atoms with van der Waals surface area (Å²) in [5.41, 5.74) is 1.84. The third kappa shape index (κ3) is 5.35. The van der Waals surface area contributed by atoms with Crippen LogP contribution >= 0.6 is 23.2 Å². The fraction of sp³-hybridized carbons (Fsp3) is 0.538. The highest BCUT2D eigenvalue weighted by Crippen LogP contribution is 2.21. The lowest BCUT2D eigenvalue weighted by atomic mass is 10.2. The molecule has 1 rings (SSSR count). The van der Waals surface area contributed by atoms with E-state index >= 15 is 0 Å². The number of methoxy groups -OCH3 is 1. The number of aryl methyl sites for hydroxylation is 1. The molecule has 1 aromatic rings. The summed E-state index contributed by atoms with van der Waals surface area (Å²) in [6.45, 7) is 3.35. The van der Waals surface area contributed by atoms with Gasteiger partial charge in [-0.3, -0.25) is 4.79 Å². The second kappa shape index (κ2) is 7.68. The Morgan fingerprint density at radius 3 is 2.74 bits per heavy atom. The molecule has 0 saturated heterocycles. The number of carbonyl (C=O) groups is 1. The largest absolute Gasteiger partial charge is 0.469 e. The average Bonchev–Trinajstić information content (AvgIpc) is 2.35. The maximum Gasteiger partial charge on any atom is 0.305 e. The first-order valence-corrected chi connectivity index (χ1v) is 6.76. The molecule has 0 aliphatic carbocycles. The van der Waals surface area contributed by atoms with Crippen molar-refractivity contribution in [2.75, 3.05) is 20.7 Å². The molecule has 0 fully saturated rings. The van der Waals surface area contributed by atoms with Crippen LogP contribution < -0.4 is 0 Å². The lowest BCUT2D eigenvalue weighted by Crippen LogP contribution is -2.20. The Morgan fingerprint density at radius 2 is 2.11 bits per heavy atom. The molecule has 0 unspecified atom stereocenters. The lowest BCUT2D eigenvalue weighted by Gasteiger charge is -2.17. The highest BCUT2D eigenvalue weighted by molar-refractivity contribution is 6.33. The SMILES string of the molecule is COC(=O)CCCN(C)Cc1cc(C)c(Cl)nc1Cl. The van der Waals surface area contributed by atoms with E-state index < -0.39 is 0 Å². The molecule has 0 radical (unpaired) electrons. The number of hydrogen-bond donors (Lipinski definition) is 0. The average molecular weight is 305 g/mol. The molecule has 0 N–H and O–H groups in total. The van der Waals surface area contributed by atoms with Crippen molar-refractivity contribution in [2.45, 2.75) is 26.3 Å². The molecule has 1 heterocycles. The quantitative estimate of drug-likeness (QED) is 0.598. The predicted octanol–water partition coefficient (Wildman–Crippen LogP) is 3.08. The number of rotatable bonds is 6. The minimum Gasteiger partial charge on any atom is -0.469 e. The summed E-state index contributed by atoms with van der Waals surface area (Å²) in [6.07, 6.45) is 1.17. The Bertz CT molecular complexity index is 453. The summed E-state index contributed by atoms with van der Waals surface area (Å²) in [5.74, 6) is -0.185. The Labute approximate surface area is 123 Å². The van der Waals surface area contributed by atoms with Gasteiger partial charge in [0.25, 0.3) is 0 Å². The third-order valence-electron chi connectivity index (χ3n) is 2.77. The van der Waals surface area contributed by atoms with Crippen LogP contribution in [0, 0.1) is 6.92 Å². The normalized spacial score (nSPS) is 10.8. The molecule has 4 nitrogen and oxygen atoms in total. The van der Waals surface area contributed by atoms with Gasteiger partial charge >= 0.3 is 5.97 Å². The number of nitrogens with zero attached hydrogens (tertiary/aromatic N) is 2. The van der Waals surface area contributed by atoms with E-state index in [1.807, 2.05) is 20.0 Å². The summed E-state index contributed by atoms with van der Waals surface area (Å²) in [7, 11) is 3.37. The van der Waals surface area contributed by atoms with E-state index in [9.17, 15) is 4.79 Å². The van der Waals surface area contributed by atoms with Gasteiger partial charge in [-0.1, -0.05) is 23.2 Å². The molecule has 0 aromatic carbocycles. The van der Waals surface area contributed by atoms with Gasteiger partial charge in [0.15, 0.2) is 0 Å².